The second-order valence-electron chi connectivity index (χ2n) is 6.18. The SMILES string of the molecule is CC1Cc2noc(-c3cscn3)c2CN1C(=O)Nc1cc(F)c(F)c(F)c1. The van der Waals surface area contributed by atoms with Crippen LogP contribution in [-0.4, -0.2) is 27.1 Å². The Morgan fingerprint density at radius 1 is 1.33 bits per heavy atom. The van der Waals surface area contributed by atoms with Gasteiger partial charge in [0, 0.05) is 41.2 Å². The van der Waals surface area contributed by atoms with Crippen LogP contribution in [0.25, 0.3) is 11.5 Å². The van der Waals surface area contributed by atoms with Crippen molar-refractivity contribution in [2.75, 3.05) is 5.32 Å². The summed E-state index contributed by atoms with van der Waals surface area (Å²) in [6, 6.07) is 0.678. The van der Waals surface area contributed by atoms with Crippen molar-refractivity contribution in [2.24, 2.45) is 0 Å². The first kappa shape index (κ1) is 17.5. The first-order valence-corrected chi connectivity index (χ1v) is 8.96. The standard InChI is InChI=1S/C17H13F3N4O2S/c1-8-2-13-10(16(26-23-13)14-6-27-7-21-14)5-24(8)17(25)22-9-3-11(18)15(20)12(19)4-9/h3-4,6-8H,2,5H2,1H3,(H,22,25). The van der Waals surface area contributed by atoms with Crippen molar-refractivity contribution in [1.29, 1.82) is 0 Å². The Hall–Kier alpha value is -2.88. The van der Waals surface area contributed by atoms with Crippen LogP contribution in [-0.2, 0) is 13.0 Å². The Balaban J connectivity index is 1.58. The number of benzene rings is 1. The lowest BCUT2D eigenvalue weighted by molar-refractivity contribution is 0.182. The van der Waals surface area contributed by atoms with Gasteiger partial charge in [0.15, 0.2) is 23.2 Å². The second kappa shape index (κ2) is 6.69. The summed E-state index contributed by atoms with van der Waals surface area (Å²) in [5, 5.41) is 8.28. The fourth-order valence-electron chi connectivity index (χ4n) is 3.00. The number of urea groups is 1. The number of nitrogens with one attached hydrogen (secondary N) is 1. The third-order valence-corrected chi connectivity index (χ3v) is 4.97. The molecule has 3 aromatic rings. The van der Waals surface area contributed by atoms with Crippen molar-refractivity contribution in [3.05, 3.63) is 51.7 Å². The molecule has 1 aliphatic rings. The summed E-state index contributed by atoms with van der Waals surface area (Å²) in [6.07, 6.45) is 0.461. The van der Waals surface area contributed by atoms with E-state index >= 15 is 0 Å². The molecule has 0 saturated carbocycles. The summed E-state index contributed by atoms with van der Waals surface area (Å²) in [6.45, 7) is 2.02. The predicted molar refractivity (Wildman–Crippen MR) is 91.7 cm³/mol. The second-order valence-corrected chi connectivity index (χ2v) is 6.89. The number of rotatable bonds is 2. The fraction of sp³-hybridized carbons (Fsp3) is 0.235. The molecule has 10 heteroatoms. The van der Waals surface area contributed by atoms with Gasteiger partial charge >= 0.3 is 6.03 Å². The van der Waals surface area contributed by atoms with E-state index < -0.39 is 23.5 Å². The normalized spacial score (nSPS) is 16.3. The van der Waals surface area contributed by atoms with Crippen LogP contribution in [0.5, 0.6) is 0 Å². The van der Waals surface area contributed by atoms with Crippen molar-refractivity contribution < 1.29 is 22.5 Å². The van der Waals surface area contributed by atoms with Gasteiger partial charge < -0.3 is 14.7 Å². The summed E-state index contributed by atoms with van der Waals surface area (Å²) >= 11 is 1.41. The van der Waals surface area contributed by atoms with E-state index in [2.05, 4.69) is 15.5 Å². The van der Waals surface area contributed by atoms with Gasteiger partial charge in [0.05, 0.1) is 17.7 Å². The maximum absolute atomic E-state index is 13.4. The van der Waals surface area contributed by atoms with Crippen LogP contribution in [0, 0.1) is 17.5 Å². The van der Waals surface area contributed by atoms with Gasteiger partial charge in [0.2, 0.25) is 0 Å². The molecular formula is C17H13F3N4O2S. The van der Waals surface area contributed by atoms with Crippen LogP contribution in [0.2, 0.25) is 0 Å². The molecular weight excluding hydrogens is 381 g/mol. The topological polar surface area (TPSA) is 71.3 Å². The molecule has 140 valence electrons. The average molecular weight is 394 g/mol. The van der Waals surface area contributed by atoms with Gasteiger partial charge in [-0.2, -0.15) is 0 Å². The molecule has 0 bridgehead atoms. The molecule has 1 atom stereocenters. The first-order chi connectivity index (χ1) is 12.9. The summed E-state index contributed by atoms with van der Waals surface area (Å²) in [7, 11) is 0. The summed E-state index contributed by atoms with van der Waals surface area (Å²) in [4.78, 5) is 18.3. The number of halogens is 3. The molecule has 27 heavy (non-hydrogen) atoms. The third-order valence-electron chi connectivity index (χ3n) is 4.38. The highest BCUT2D eigenvalue weighted by Gasteiger charge is 2.32. The van der Waals surface area contributed by atoms with Gasteiger partial charge in [-0.3, -0.25) is 0 Å². The molecule has 0 spiro atoms. The minimum Gasteiger partial charge on any atom is -0.354 e. The number of thiazole rings is 1. The van der Waals surface area contributed by atoms with Crippen LogP contribution in [0.3, 0.4) is 0 Å². The highest BCUT2D eigenvalue weighted by molar-refractivity contribution is 7.07. The van der Waals surface area contributed by atoms with Crippen LogP contribution in [0.4, 0.5) is 23.7 Å². The summed E-state index contributed by atoms with van der Waals surface area (Å²) in [5.74, 6) is -3.83. The minimum atomic E-state index is -1.58. The number of hydrogen-bond acceptors (Lipinski definition) is 5. The molecule has 1 N–H and O–H groups in total. The largest absolute Gasteiger partial charge is 0.354 e. The van der Waals surface area contributed by atoms with Crippen molar-refractivity contribution in [3.8, 4) is 11.5 Å². The lowest BCUT2D eigenvalue weighted by Crippen LogP contribution is -2.44. The molecule has 0 radical (unpaired) electrons. The van der Waals surface area contributed by atoms with E-state index in [0.29, 0.717) is 17.9 Å². The average Bonchev–Trinajstić information content (AvgIpc) is 3.27. The van der Waals surface area contributed by atoms with E-state index in [4.69, 9.17) is 4.52 Å². The molecule has 0 saturated heterocycles. The zero-order chi connectivity index (χ0) is 19.1. The number of carbonyl (C=O) groups excluding carboxylic acids is 1. The maximum Gasteiger partial charge on any atom is 0.322 e. The molecule has 4 rings (SSSR count). The first-order valence-electron chi connectivity index (χ1n) is 8.02. The molecule has 1 aliphatic heterocycles. The Labute approximate surface area is 155 Å². The molecule has 0 fully saturated rings. The van der Waals surface area contributed by atoms with Gasteiger partial charge in [-0.15, -0.1) is 11.3 Å². The van der Waals surface area contributed by atoms with E-state index in [0.717, 1.165) is 23.4 Å². The molecule has 1 unspecified atom stereocenters. The van der Waals surface area contributed by atoms with Crippen molar-refractivity contribution in [2.45, 2.75) is 25.9 Å². The Morgan fingerprint density at radius 3 is 2.74 bits per heavy atom. The van der Waals surface area contributed by atoms with Gasteiger partial charge in [-0.05, 0) is 6.92 Å². The lowest BCUT2D eigenvalue weighted by Gasteiger charge is -2.32. The van der Waals surface area contributed by atoms with Gasteiger partial charge in [0.1, 0.15) is 5.69 Å². The summed E-state index contributed by atoms with van der Waals surface area (Å²) in [5.41, 5.74) is 3.61. The quantitative estimate of drug-likeness (QED) is 0.662. The van der Waals surface area contributed by atoms with Gasteiger partial charge in [0.25, 0.3) is 0 Å². The number of amides is 2. The zero-order valence-corrected chi connectivity index (χ0v) is 14.8. The zero-order valence-electron chi connectivity index (χ0n) is 14.0. The molecule has 3 heterocycles. The smallest absolute Gasteiger partial charge is 0.322 e. The molecule has 6 nitrogen and oxygen atoms in total. The van der Waals surface area contributed by atoms with Crippen molar-refractivity contribution in [1.82, 2.24) is 15.0 Å². The maximum atomic E-state index is 13.4. The van der Waals surface area contributed by atoms with E-state index in [-0.39, 0.29) is 18.3 Å². The fourth-order valence-corrected chi connectivity index (χ4v) is 3.53. The monoisotopic (exact) mass is 394 g/mol. The van der Waals surface area contributed by atoms with Crippen molar-refractivity contribution >= 4 is 23.1 Å². The Morgan fingerprint density at radius 2 is 2.07 bits per heavy atom. The Bertz CT molecular complexity index is 983. The van der Waals surface area contributed by atoms with E-state index in [1.165, 1.54) is 16.2 Å². The number of carbonyl (C=O) groups is 1. The van der Waals surface area contributed by atoms with Crippen molar-refractivity contribution in [3.63, 3.8) is 0 Å². The number of anilines is 1. The van der Waals surface area contributed by atoms with E-state index in [1.807, 2.05) is 12.3 Å². The molecule has 2 amide bonds. The molecule has 0 aliphatic carbocycles. The Kier molecular flexibility index (Phi) is 4.34. The summed E-state index contributed by atoms with van der Waals surface area (Å²) < 4.78 is 45.2. The van der Waals surface area contributed by atoms with Crippen LogP contribution in [0.1, 0.15) is 18.2 Å². The number of aromatic nitrogens is 2. The molecule has 2 aromatic heterocycles. The number of nitrogens with zero attached hydrogens (tertiary/aromatic N) is 3. The number of fused-ring (bicyclic) bond motifs is 1. The van der Waals surface area contributed by atoms with Gasteiger partial charge in [-0.1, -0.05) is 5.16 Å². The van der Waals surface area contributed by atoms with Gasteiger partial charge in [-0.25, -0.2) is 22.9 Å². The van der Waals surface area contributed by atoms with E-state index in [9.17, 15) is 18.0 Å². The van der Waals surface area contributed by atoms with E-state index in [1.54, 1.807) is 5.51 Å². The lowest BCUT2D eigenvalue weighted by atomic mass is 9.99. The molecule has 1 aromatic carbocycles. The number of hydrogen-bond donors (Lipinski definition) is 1. The van der Waals surface area contributed by atoms with Crippen LogP contribution in [0.15, 0.2) is 27.5 Å². The third kappa shape index (κ3) is 3.16. The minimum absolute atomic E-state index is 0.167. The van der Waals surface area contributed by atoms with Crippen LogP contribution >= 0.6 is 11.3 Å². The highest BCUT2D eigenvalue weighted by atomic mass is 32.1. The highest BCUT2D eigenvalue weighted by Crippen LogP contribution is 2.32. The predicted octanol–water partition coefficient (Wildman–Crippen LogP) is 4.19. The van der Waals surface area contributed by atoms with Crippen LogP contribution < -0.4 is 5.32 Å².